The van der Waals surface area contributed by atoms with E-state index in [9.17, 15) is 0 Å². The molecule has 2 aromatic rings. The Labute approximate surface area is 147 Å². The van der Waals surface area contributed by atoms with Crippen molar-refractivity contribution in [3.63, 3.8) is 0 Å². The van der Waals surface area contributed by atoms with E-state index in [0.29, 0.717) is 12.5 Å². The Morgan fingerprint density at radius 2 is 2.04 bits per heavy atom. The van der Waals surface area contributed by atoms with Crippen molar-refractivity contribution in [3.05, 3.63) is 59.1 Å². The molecule has 0 amide bonds. The van der Waals surface area contributed by atoms with Crippen LogP contribution in [0.5, 0.6) is 5.75 Å². The first-order chi connectivity index (χ1) is 11.6. The van der Waals surface area contributed by atoms with Gasteiger partial charge in [-0.15, -0.1) is 0 Å². The second-order valence-electron chi connectivity index (χ2n) is 6.17. The SMILES string of the molecule is COc1cccc(NC(N)=NCC2(c3ccccc3Cl)CCC2)c1. The number of rotatable bonds is 5. The zero-order valence-electron chi connectivity index (χ0n) is 13.8. The number of aliphatic imine (C=N–C) groups is 1. The number of nitrogens with one attached hydrogen (secondary N) is 1. The van der Waals surface area contributed by atoms with Crippen LogP contribution in [0.1, 0.15) is 24.8 Å². The minimum Gasteiger partial charge on any atom is -0.497 e. The van der Waals surface area contributed by atoms with Gasteiger partial charge in [-0.3, -0.25) is 4.99 Å². The number of nitrogens with zero attached hydrogens (tertiary/aromatic N) is 1. The van der Waals surface area contributed by atoms with Gasteiger partial charge in [0.2, 0.25) is 0 Å². The van der Waals surface area contributed by atoms with E-state index in [1.165, 1.54) is 12.0 Å². The van der Waals surface area contributed by atoms with Crippen LogP contribution in [-0.4, -0.2) is 19.6 Å². The molecule has 0 spiro atoms. The molecule has 0 radical (unpaired) electrons. The highest BCUT2D eigenvalue weighted by molar-refractivity contribution is 6.31. The van der Waals surface area contributed by atoms with E-state index in [2.05, 4.69) is 16.4 Å². The quantitative estimate of drug-likeness (QED) is 0.632. The fourth-order valence-electron chi connectivity index (χ4n) is 3.13. The van der Waals surface area contributed by atoms with Crippen molar-refractivity contribution in [3.8, 4) is 5.75 Å². The molecule has 1 aliphatic rings. The highest BCUT2D eigenvalue weighted by Crippen LogP contribution is 2.46. The molecule has 3 rings (SSSR count). The molecule has 1 fully saturated rings. The number of hydrogen-bond donors (Lipinski definition) is 2. The Kier molecular flexibility index (Phi) is 4.95. The maximum absolute atomic E-state index is 6.39. The summed E-state index contributed by atoms with van der Waals surface area (Å²) in [4.78, 5) is 4.57. The smallest absolute Gasteiger partial charge is 0.193 e. The minimum atomic E-state index is 0.0129. The van der Waals surface area contributed by atoms with Gasteiger partial charge in [-0.25, -0.2) is 0 Å². The highest BCUT2D eigenvalue weighted by Gasteiger charge is 2.39. The third kappa shape index (κ3) is 3.49. The van der Waals surface area contributed by atoms with E-state index in [4.69, 9.17) is 22.1 Å². The average molecular weight is 344 g/mol. The third-order valence-electron chi connectivity index (χ3n) is 4.65. The second-order valence-corrected chi connectivity index (χ2v) is 6.58. The normalized spacial score (nSPS) is 16.3. The molecular formula is C19H22ClN3O. The Hall–Kier alpha value is -2.20. The maximum atomic E-state index is 6.39. The van der Waals surface area contributed by atoms with Crippen molar-refractivity contribution in [2.45, 2.75) is 24.7 Å². The zero-order valence-corrected chi connectivity index (χ0v) is 14.5. The van der Waals surface area contributed by atoms with E-state index in [1.54, 1.807) is 7.11 Å². The Morgan fingerprint density at radius 3 is 2.71 bits per heavy atom. The number of anilines is 1. The van der Waals surface area contributed by atoms with E-state index < -0.39 is 0 Å². The van der Waals surface area contributed by atoms with Gasteiger partial charge in [0.25, 0.3) is 0 Å². The first-order valence-electron chi connectivity index (χ1n) is 8.09. The van der Waals surface area contributed by atoms with Crippen LogP contribution < -0.4 is 15.8 Å². The number of ether oxygens (including phenoxy) is 1. The molecule has 1 saturated carbocycles. The van der Waals surface area contributed by atoms with Gasteiger partial charge < -0.3 is 15.8 Å². The summed E-state index contributed by atoms with van der Waals surface area (Å²) in [6.07, 6.45) is 3.38. The van der Waals surface area contributed by atoms with Gasteiger partial charge in [-0.1, -0.05) is 42.3 Å². The van der Waals surface area contributed by atoms with Gasteiger partial charge in [0, 0.05) is 22.2 Å². The molecule has 0 bridgehead atoms. The first kappa shape index (κ1) is 16.7. The number of nitrogens with two attached hydrogens (primary N) is 1. The fourth-order valence-corrected chi connectivity index (χ4v) is 3.47. The van der Waals surface area contributed by atoms with Gasteiger partial charge in [-0.2, -0.15) is 0 Å². The summed E-state index contributed by atoms with van der Waals surface area (Å²) in [6, 6.07) is 15.6. The lowest BCUT2D eigenvalue weighted by Crippen LogP contribution is -2.39. The summed E-state index contributed by atoms with van der Waals surface area (Å²) in [5.41, 5.74) is 8.11. The molecule has 4 nitrogen and oxygen atoms in total. The topological polar surface area (TPSA) is 59.6 Å². The third-order valence-corrected chi connectivity index (χ3v) is 4.98. The highest BCUT2D eigenvalue weighted by atomic mass is 35.5. The second kappa shape index (κ2) is 7.14. The van der Waals surface area contributed by atoms with E-state index >= 15 is 0 Å². The molecule has 1 aliphatic carbocycles. The van der Waals surface area contributed by atoms with Crippen molar-refractivity contribution in [2.75, 3.05) is 19.0 Å². The molecule has 3 N–H and O–H groups in total. The van der Waals surface area contributed by atoms with Crippen molar-refractivity contribution in [1.29, 1.82) is 0 Å². The molecule has 0 unspecified atom stereocenters. The average Bonchev–Trinajstić information content (AvgIpc) is 2.55. The zero-order chi connectivity index (χ0) is 17.0. The summed E-state index contributed by atoms with van der Waals surface area (Å²) < 4.78 is 5.21. The predicted molar refractivity (Wildman–Crippen MR) is 100 cm³/mol. The lowest BCUT2D eigenvalue weighted by atomic mass is 9.64. The van der Waals surface area contributed by atoms with Crippen LogP contribution in [0.2, 0.25) is 5.02 Å². The Bertz CT molecular complexity index is 741. The molecule has 126 valence electrons. The van der Waals surface area contributed by atoms with Gasteiger partial charge >= 0.3 is 0 Å². The van der Waals surface area contributed by atoms with E-state index in [0.717, 1.165) is 29.3 Å². The molecule has 0 saturated heterocycles. The van der Waals surface area contributed by atoms with E-state index in [-0.39, 0.29) is 5.41 Å². The van der Waals surface area contributed by atoms with Gasteiger partial charge in [0.05, 0.1) is 13.7 Å². The molecule has 0 heterocycles. The summed E-state index contributed by atoms with van der Waals surface area (Å²) >= 11 is 6.39. The van der Waals surface area contributed by atoms with Crippen LogP contribution in [0, 0.1) is 0 Å². The van der Waals surface area contributed by atoms with Crippen LogP contribution in [0.25, 0.3) is 0 Å². The predicted octanol–water partition coefficient (Wildman–Crippen LogP) is 4.20. The lowest BCUT2D eigenvalue weighted by Gasteiger charge is -2.41. The number of hydrogen-bond acceptors (Lipinski definition) is 2. The van der Waals surface area contributed by atoms with Crippen molar-refractivity contribution >= 4 is 23.2 Å². The van der Waals surface area contributed by atoms with Gasteiger partial charge in [0.15, 0.2) is 5.96 Å². The van der Waals surface area contributed by atoms with Crippen molar-refractivity contribution < 1.29 is 4.74 Å². The van der Waals surface area contributed by atoms with Crippen molar-refractivity contribution in [1.82, 2.24) is 0 Å². The van der Waals surface area contributed by atoms with Gasteiger partial charge in [-0.05, 0) is 36.6 Å². The lowest BCUT2D eigenvalue weighted by molar-refractivity contribution is 0.254. The number of benzene rings is 2. The monoisotopic (exact) mass is 343 g/mol. The largest absolute Gasteiger partial charge is 0.497 e. The van der Waals surface area contributed by atoms with Crippen LogP contribution in [0.15, 0.2) is 53.5 Å². The molecule has 2 aromatic carbocycles. The molecule has 0 atom stereocenters. The summed E-state index contributed by atoms with van der Waals surface area (Å²) in [6.45, 7) is 0.638. The van der Waals surface area contributed by atoms with Crippen LogP contribution >= 0.6 is 11.6 Å². The maximum Gasteiger partial charge on any atom is 0.193 e. The summed E-state index contributed by atoms with van der Waals surface area (Å²) in [5.74, 6) is 1.18. The fraction of sp³-hybridized carbons (Fsp3) is 0.316. The molecule has 0 aliphatic heterocycles. The Balaban J connectivity index is 1.72. The van der Waals surface area contributed by atoms with Crippen LogP contribution in [0.3, 0.4) is 0 Å². The van der Waals surface area contributed by atoms with E-state index in [1.807, 2.05) is 42.5 Å². The Morgan fingerprint density at radius 1 is 1.25 bits per heavy atom. The summed E-state index contributed by atoms with van der Waals surface area (Å²) in [7, 11) is 1.64. The van der Waals surface area contributed by atoms with Crippen LogP contribution in [-0.2, 0) is 5.41 Å². The summed E-state index contributed by atoms with van der Waals surface area (Å²) in [5, 5.41) is 3.93. The molecule has 0 aromatic heterocycles. The standard InChI is InChI=1S/C19H22ClN3O/c1-24-15-7-4-6-14(12-15)23-18(21)22-13-19(10-5-11-19)16-8-2-3-9-17(16)20/h2-4,6-9,12H,5,10-11,13H2,1H3,(H3,21,22,23). The molecule has 24 heavy (non-hydrogen) atoms. The molecule has 5 heteroatoms. The number of halogens is 1. The minimum absolute atomic E-state index is 0.0129. The van der Waals surface area contributed by atoms with Crippen molar-refractivity contribution in [2.24, 2.45) is 10.7 Å². The van der Waals surface area contributed by atoms with Gasteiger partial charge in [0.1, 0.15) is 5.75 Å². The molecular weight excluding hydrogens is 322 g/mol. The number of guanidine groups is 1. The van der Waals surface area contributed by atoms with Crippen LogP contribution in [0.4, 0.5) is 5.69 Å². The number of methoxy groups -OCH3 is 1. The first-order valence-corrected chi connectivity index (χ1v) is 8.47.